The molecule has 154 valence electrons. The van der Waals surface area contributed by atoms with E-state index in [2.05, 4.69) is 21.5 Å². The van der Waals surface area contributed by atoms with Gasteiger partial charge in [0.25, 0.3) is 0 Å². The highest BCUT2D eigenvalue weighted by Crippen LogP contribution is 2.40. The molecule has 0 spiro atoms. The Balaban J connectivity index is 1.55. The molecule has 3 heterocycles. The third-order valence-corrected chi connectivity index (χ3v) is 6.95. The van der Waals surface area contributed by atoms with Crippen molar-refractivity contribution in [1.29, 1.82) is 0 Å². The van der Waals surface area contributed by atoms with Gasteiger partial charge in [-0.05, 0) is 50.7 Å². The van der Waals surface area contributed by atoms with Crippen molar-refractivity contribution in [2.75, 3.05) is 20.3 Å². The number of fused-ring (bicyclic) bond motifs is 3. The fourth-order valence-corrected chi connectivity index (χ4v) is 5.52. The summed E-state index contributed by atoms with van der Waals surface area (Å²) in [6, 6.07) is 1.93. The molecule has 0 N–H and O–H groups in total. The van der Waals surface area contributed by atoms with Gasteiger partial charge < -0.3 is 14.0 Å². The minimum absolute atomic E-state index is 0.0261. The fourth-order valence-electron chi connectivity index (χ4n) is 4.18. The molecule has 0 bridgehead atoms. The summed E-state index contributed by atoms with van der Waals surface area (Å²) < 4.78 is 13.2. The summed E-state index contributed by atoms with van der Waals surface area (Å²) in [5, 5.41) is 0.998. The van der Waals surface area contributed by atoms with Crippen LogP contribution in [0.15, 0.2) is 12.4 Å². The maximum atomic E-state index is 12.9. The molecular weight excluding hydrogens is 386 g/mol. The van der Waals surface area contributed by atoms with E-state index in [-0.39, 0.29) is 12.4 Å². The van der Waals surface area contributed by atoms with Gasteiger partial charge in [-0.1, -0.05) is 6.92 Å². The largest absolute Gasteiger partial charge is 0.469 e. The molecule has 0 aliphatic heterocycles. The number of thiophene rings is 1. The zero-order valence-corrected chi connectivity index (χ0v) is 18.3. The fraction of sp³-hybridized carbons (Fsp3) is 0.500. The van der Waals surface area contributed by atoms with E-state index in [9.17, 15) is 4.79 Å². The van der Waals surface area contributed by atoms with Crippen LogP contribution in [0, 0.1) is 19.8 Å². The average Bonchev–Trinajstić information content (AvgIpc) is 3.21. The second-order valence-electron chi connectivity index (χ2n) is 7.85. The van der Waals surface area contributed by atoms with Crippen molar-refractivity contribution in [2.45, 2.75) is 46.6 Å². The Hall–Kier alpha value is -2.25. The Kier molecular flexibility index (Phi) is 5.69. The standard InChI is InChI=1S/C22H27N3O3S/c1-13-5-6-16-19(9-13)29-22-20(16)21(23-12-24-22)28-11-18(26)17-10-14(2)25(15(17)3)7-8-27-4/h10,12-13H,5-9,11H2,1-4H3. The number of aromatic nitrogens is 3. The second-order valence-corrected chi connectivity index (χ2v) is 8.94. The SMILES string of the molecule is COCCn1c(C)cc(C(=O)COc2ncnc3sc4c(c23)CCC(C)C4)c1C. The summed E-state index contributed by atoms with van der Waals surface area (Å²) in [4.78, 5) is 24.0. The zero-order valence-electron chi connectivity index (χ0n) is 17.4. The number of carbonyl (C=O) groups excluding carboxylic acids is 1. The highest BCUT2D eigenvalue weighted by atomic mass is 32.1. The average molecular weight is 414 g/mol. The molecule has 0 saturated heterocycles. The molecule has 1 unspecified atom stereocenters. The lowest BCUT2D eigenvalue weighted by molar-refractivity contribution is 0.0918. The van der Waals surface area contributed by atoms with Crippen LogP contribution in [0.4, 0.5) is 0 Å². The van der Waals surface area contributed by atoms with Crippen molar-refractivity contribution in [2.24, 2.45) is 5.92 Å². The second kappa shape index (κ2) is 8.24. The summed E-state index contributed by atoms with van der Waals surface area (Å²) in [5.41, 5.74) is 4.00. The Labute approximate surface area is 174 Å². The third-order valence-electron chi connectivity index (χ3n) is 5.79. The Morgan fingerprint density at radius 3 is 2.97 bits per heavy atom. The molecular formula is C22H27N3O3S. The van der Waals surface area contributed by atoms with Gasteiger partial charge in [0.15, 0.2) is 6.61 Å². The first kappa shape index (κ1) is 20.0. The minimum Gasteiger partial charge on any atom is -0.469 e. The lowest BCUT2D eigenvalue weighted by atomic mass is 9.89. The molecule has 0 fully saturated rings. The molecule has 6 nitrogen and oxygen atoms in total. The van der Waals surface area contributed by atoms with Gasteiger partial charge in [0.1, 0.15) is 11.2 Å². The van der Waals surface area contributed by atoms with E-state index in [1.807, 2.05) is 19.9 Å². The summed E-state index contributed by atoms with van der Waals surface area (Å²) in [6.45, 7) is 7.58. The monoisotopic (exact) mass is 413 g/mol. The van der Waals surface area contributed by atoms with Gasteiger partial charge in [0.2, 0.25) is 11.7 Å². The molecule has 4 rings (SSSR count). The van der Waals surface area contributed by atoms with Crippen LogP contribution in [0.1, 0.15) is 45.5 Å². The minimum atomic E-state index is -0.0359. The number of methoxy groups -OCH3 is 1. The van der Waals surface area contributed by atoms with Crippen molar-refractivity contribution in [1.82, 2.24) is 14.5 Å². The van der Waals surface area contributed by atoms with Gasteiger partial charge in [0, 0.05) is 35.5 Å². The normalized spacial score (nSPS) is 16.2. The van der Waals surface area contributed by atoms with Gasteiger partial charge in [-0.15, -0.1) is 11.3 Å². The predicted molar refractivity (Wildman–Crippen MR) is 114 cm³/mol. The van der Waals surface area contributed by atoms with E-state index in [1.54, 1.807) is 18.4 Å². The summed E-state index contributed by atoms with van der Waals surface area (Å²) in [5.74, 6) is 1.19. The highest BCUT2D eigenvalue weighted by Gasteiger charge is 2.24. The molecule has 0 aromatic carbocycles. The molecule has 1 aliphatic carbocycles. The molecule has 1 atom stereocenters. The van der Waals surface area contributed by atoms with Gasteiger partial charge >= 0.3 is 0 Å². The molecule has 7 heteroatoms. The third kappa shape index (κ3) is 3.81. The summed E-state index contributed by atoms with van der Waals surface area (Å²) >= 11 is 1.73. The van der Waals surface area contributed by atoms with Gasteiger partial charge in [-0.3, -0.25) is 4.79 Å². The number of hydrogen-bond acceptors (Lipinski definition) is 6. The molecule has 0 saturated carbocycles. The lowest BCUT2D eigenvalue weighted by Crippen LogP contribution is -2.15. The summed E-state index contributed by atoms with van der Waals surface area (Å²) in [6.07, 6.45) is 4.81. The van der Waals surface area contributed by atoms with Crippen LogP contribution < -0.4 is 4.74 Å². The lowest BCUT2D eigenvalue weighted by Gasteiger charge is -2.18. The Morgan fingerprint density at radius 2 is 2.17 bits per heavy atom. The van der Waals surface area contributed by atoms with Gasteiger partial charge in [-0.25, -0.2) is 9.97 Å². The number of rotatable bonds is 7. The number of ether oxygens (including phenoxy) is 2. The van der Waals surface area contributed by atoms with Crippen LogP contribution in [0.5, 0.6) is 5.88 Å². The van der Waals surface area contributed by atoms with Crippen LogP contribution in [-0.2, 0) is 24.1 Å². The molecule has 3 aromatic rings. The van der Waals surface area contributed by atoms with Crippen LogP contribution in [0.2, 0.25) is 0 Å². The smallest absolute Gasteiger partial charge is 0.226 e. The zero-order chi connectivity index (χ0) is 20.5. The number of aryl methyl sites for hydroxylation is 2. The van der Waals surface area contributed by atoms with E-state index < -0.39 is 0 Å². The van der Waals surface area contributed by atoms with E-state index in [4.69, 9.17) is 9.47 Å². The summed E-state index contributed by atoms with van der Waals surface area (Å²) in [7, 11) is 1.68. The first-order valence-electron chi connectivity index (χ1n) is 10.1. The van der Waals surface area contributed by atoms with Crippen molar-refractivity contribution >= 4 is 27.3 Å². The first-order chi connectivity index (χ1) is 14.0. The molecule has 0 radical (unpaired) electrons. The maximum Gasteiger partial charge on any atom is 0.226 e. The molecule has 1 aliphatic rings. The number of nitrogens with zero attached hydrogens (tertiary/aromatic N) is 3. The number of hydrogen-bond donors (Lipinski definition) is 0. The molecule has 29 heavy (non-hydrogen) atoms. The van der Waals surface area contributed by atoms with Crippen molar-refractivity contribution in [3.05, 3.63) is 39.8 Å². The van der Waals surface area contributed by atoms with Crippen LogP contribution >= 0.6 is 11.3 Å². The Bertz CT molecular complexity index is 1050. The van der Waals surface area contributed by atoms with E-state index >= 15 is 0 Å². The quantitative estimate of drug-likeness (QED) is 0.545. The van der Waals surface area contributed by atoms with Gasteiger partial charge in [0.05, 0.1) is 12.0 Å². The van der Waals surface area contributed by atoms with Crippen molar-refractivity contribution in [3.63, 3.8) is 0 Å². The topological polar surface area (TPSA) is 66.2 Å². The van der Waals surface area contributed by atoms with Crippen molar-refractivity contribution in [3.8, 4) is 5.88 Å². The van der Waals surface area contributed by atoms with Gasteiger partial charge in [-0.2, -0.15) is 0 Å². The van der Waals surface area contributed by atoms with E-state index in [0.717, 1.165) is 41.0 Å². The first-order valence-corrected chi connectivity index (χ1v) is 10.9. The van der Waals surface area contributed by atoms with E-state index in [1.165, 1.54) is 23.2 Å². The number of carbonyl (C=O) groups is 1. The van der Waals surface area contributed by atoms with E-state index in [0.29, 0.717) is 24.0 Å². The van der Waals surface area contributed by atoms with Crippen molar-refractivity contribution < 1.29 is 14.3 Å². The van der Waals surface area contributed by atoms with Crippen LogP contribution in [0.25, 0.3) is 10.2 Å². The predicted octanol–water partition coefficient (Wildman–Crippen LogP) is 4.14. The highest BCUT2D eigenvalue weighted by molar-refractivity contribution is 7.18. The van der Waals surface area contributed by atoms with Crippen LogP contribution in [-0.4, -0.2) is 40.6 Å². The number of Topliss-reactive ketones (excluding diaryl/α,β-unsaturated/α-hetero) is 1. The molecule has 0 amide bonds. The molecule has 3 aromatic heterocycles. The maximum absolute atomic E-state index is 12.9. The number of ketones is 1. The van der Waals surface area contributed by atoms with Crippen LogP contribution in [0.3, 0.4) is 0 Å². The Morgan fingerprint density at radius 1 is 1.34 bits per heavy atom.